The minimum absolute atomic E-state index is 1.32. The molecule has 0 atom stereocenters. The predicted octanol–water partition coefficient (Wildman–Crippen LogP) is 25.3. The van der Waals surface area contributed by atoms with E-state index in [0.29, 0.717) is 0 Å². The summed E-state index contributed by atoms with van der Waals surface area (Å²) >= 11 is 0. The van der Waals surface area contributed by atoms with Crippen LogP contribution >= 0.6 is 0 Å². The van der Waals surface area contributed by atoms with Crippen molar-refractivity contribution in [3.05, 3.63) is 0 Å². The van der Waals surface area contributed by atoms with Crippen LogP contribution in [0.4, 0.5) is 0 Å². The molecule has 0 heteroatoms. The minimum Gasteiger partial charge on any atom is -0.0654 e. The summed E-state index contributed by atoms with van der Waals surface area (Å²) in [6, 6.07) is 0. The van der Waals surface area contributed by atoms with E-state index >= 15 is 0 Å². The van der Waals surface area contributed by atoms with Gasteiger partial charge in [-0.05, 0) is 0 Å². The second-order valence-corrected chi connectivity index (χ2v) is 14.0. The quantitative estimate of drug-likeness (QED) is 0.164. The molecular weight excluding hydrogens is 673 g/mol. The molecule has 0 rings (SSSR count). The molecule has 0 radical (unpaired) electrons. The first-order valence-electron chi connectivity index (χ1n) is 26.8. The first-order chi connectivity index (χ1) is 26.8. The Morgan fingerprint density at radius 2 is 0.0893 bits per heavy atom. The van der Waals surface area contributed by atoms with Gasteiger partial charge in [-0.1, -0.05) is 374 Å². The summed E-state index contributed by atoms with van der Waals surface area (Å²) in [5, 5.41) is 0. The summed E-state index contributed by atoms with van der Waals surface area (Å²) in [4.78, 5) is 0. The Labute approximate surface area is 372 Å². The van der Waals surface area contributed by atoms with Crippen molar-refractivity contribution < 1.29 is 0 Å². The van der Waals surface area contributed by atoms with E-state index in [9.17, 15) is 0 Å². The highest BCUT2D eigenvalue weighted by atomic mass is 13.7. The Hall–Kier alpha value is 0. The van der Waals surface area contributed by atoms with E-state index in [2.05, 4.69) is 194 Å². The van der Waals surface area contributed by atoms with Gasteiger partial charge in [-0.2, -0.15) is 0 Å². The lowest BCUT2D eigenvalue weighted by atomic mass is 10.4. The largest absolute Gasteiger partial charge is 0.0654 e. The third-order valence-corrected chi connectivity index (χ3v) is 7.00. The fourth-order valence-corrected chi connectivity index (χ4v) is 0. The van der Waals surface area contributed by atoms with Gasteiger partial charge in [0.25, 0.3) is 0 Å². The van der Waals surface area contributed by atoms with Gasteiger partial charge in [-0.3, -0.25) is 0 Å². The first-order valence-corrected chi connectivity index (χ1v) is 26.8. The molecule has 0 amide bonds. The van der Waals surface area contributed by atoms with E-state index in [4.69, 9.17) is 0 Å². The lowest BCUT2D eigenvalue weighted by Crippen LogP contribution is -1.47. The second-order valence-electron chi connectivity index (χ2n) is 14.0. The fourth-order valence-electron chi connectivity index (χ4n) is 0. The standard InChI is InChI=1S/14C4H10/c14*1-3-4-2/h14*3-4H2,1-2H3. The highest BCUT2D eigenvalue weighted by Crippen LogP contribution is 1.81. The van der Waals surface area contributed by atoms with Gasteiger partial charge >= 0.3 is 0 Å². The van der Waals surface area contributed by atoms with Gasteiger partial charge in [-0.25, -0.2) is 0 Å². The maximum Gasteiger partial charge on any atom is -0.0564 e. The van der Waals surface area contributed by atoms with E-state index in [-0.39, 0.29) is 0 Å². The molecule has 0 unspecified atom stereocenters. The number of rotatable bonds is 14. The van der Waals surface area contributed by atoms with Gasteiger partial charge in [0, 0.05) is 0 Å². The summed E-state index contributed by atoms with van der Waals surface area (Å²) in [6.07, 6.45) is 36.9. The molecule has 0 aliphatic rings. The zero-order valence-corrected chi connectivity index (χ0v) is 47.8. The molecule has 0 aliphatic carbocycles. The Morgan fingerprint density at radius 1 is 0.0714 bits per heavy atom. The lowest BCUT2D eigenvalue weighted by Gasteiger charge is -1.68. The van der Waals surface area contributed by atoms with E-state index in [1.54, 1.807) is 0 Å². The van der Waals surface area contributed by atoms with Gasteiger partial charge in [0.1, 0.15) is 0 Å². The second kappa shape index (κ2) is 205. The third-order valence-electron chi connectivity index (χ3n) is 7.00. The summed E-state index contributed by atoms with van der Waals surface area (Å²) in [6.45, 7) is 61.1. The van der Waals surface area contributed by atoms with Crippen molar-refractivity contribution >= 4 is 0 Å². The fraction of sp³-hybridized carbons (Fsp3) is 1.00. The molecule has 0 aromatic heterocycles. The van der Waals surface area contributed by atoms with Crippen LogP contribution < -0.4 is 0 Å². The van der Waals surface area contributed by atoms with Crippen molar-refractivity contribution in [1.29, 1.82) is 0 Å². The van der Waals surface area contributed by atoms with Gasteiger partial charge < -0.3 is 0 Å². The molecule has 0 aromatic rings. The highest BCUT2D eigenvalue weighted by molar-refractivity contribution is 4.17. The maximum atomic E-state index is 2.18. The Balaban J connectivity index is -0.0000000283. The van der Waals surface area contributed by atoms with Crippen molar-refractivity contribution in [2.45, 2.75) is 374 Å². The Kier molecular flexibility index (Phi) is 351. The van der Waals surface area contributed by atoms with E-state index in [1.165, 1.54) is 180 Å². The zero-order valence-electron chi connectivity index (χ0n) is 47.8. The maximum absolute atomic E-state index is 2.18. The molecule has 0 aromatic carbocycles. The molecule has 364 valence electrons. The Morgan fingerprint density at radius 3 is 0.0893 bits per heavy atom. The van der Waals surface area contributed by atoms with Crippen LogP contribution in [-0.4, -0.2) is 0 Å². The highest BCUT2D eigenvalue weighted by Gasteiger charge is 1.61. The zero-order chi connectivity index (χ0) is 47.8. The predicted molar refractivity (Wildman–Crippen MR) is 288 cm³/mol. The van der Waals surface area contributed by atoms with Crippen molar-refractivity contribution in [1.82, 2.24) is 0 Å². The molecule has 0 saturated heterocycles. The van der Waals surface area contributed by atoms with Gasteiger partial charge in [-0.15, -0.1) is 0 Å². The molecule has 0 fully saturated rings. The molecule has 0 bridgehead atoms. The van der Waals surface area contributed by atoms with Crippen LogP contribution in [0.1, 0.15) is 374 Å². The monoisotopic (exact) mass is 813 g/mol. The molecule has 56 heavy (non-hydrogen) atoms. The van der Waals surface area contributed by atoms with Crippen molar-refractivity contribution in [3.63, 3.8) is 0 Å². The van der Waals surface area contributed by atoms with E-state index < -0.39 is 0 Å². The average Bonchev–Trinajstić information content (AvgIpc) is 3.29. The lowest BCUT2D eigenvalue weighted by molar-refractivity contribution is 0.886. The molecule has 0 nitrogen and oxygen atoms in total. The SMILES string of the molecule is CCCC.CCCC.CCCC.CCCC.CCCC.CCCC.CCCC.CCCC.CCCC.CCCC.CCCC.CCCC.CCCC.CCCC. The van der Waals surface area contributed by atoms with Crippen molar-refractivity contribution in [2.24, 2.45) is 0 Å². The molecule has 0 N–H and O–H groups in total. The summed E-state index contributed by atoms with van der Waals surface area (Å²) in [7, 11) is 0. The van der Waals surface area contributed by atoms with Crippen molar-refractivity contribution in [2.75, 3.05) is 0 Å². The van der Waals surface area contributed by atoms with Gasteiger partial charge in [0.15, 0.2) is 0 Å². The summed E-state index contributed by atoms with van der Waals surface area (Å²) in [5.74, 6) is 0. The van der Waals surface area contributed by atoms with Gasteiger partial charge in [0.05, 0.1) is 0 Å². The third kappa shape index (κ3) is 774. The van der Waals surface area contributed by atoms with Gasteiger partial charge in [0.2, 0.25) is 0 Å². The summed E-state index contributed by atoms with van der Waals surface area (Å²) in [5.41, 5.74) is 0. The number of hydrogen-bond donors (Lipinski definition) is 0. The van der Waals surface area contributed by atoms with Crippen molar-refractivity contribution in [3.8, 4) is 0 Å². The first kappa shape index (κ1) is 96.0. The normalized spacial score (nSPS) is 7.50. The molecular formula is C56H140. The minimum atomic E-state index is 1.32. The molecule has 0 heterocycles. The number of unbranched alkanes of at least 4 members (excludes halogenated alkanes) is 14. The summed E-state index contributed by atoms with van der Waals surface area (Å²) < 4.78 is 0. The van der Waals surface area contributed by atoms with Crippen LogP contribution in [0.3, 0.4) is 0 Å². The smallest absolute Gasteiger partial charge is 0.0564 e. The topological polar surface area (TPSA) is 0 Å². The molecule has 0 saturated carbocycles. The number of hydrogen-bond acceptors (Lipinski definition) is 0. The van der Waals surface area contributed by atoms with Crippen LogP contribution in [0.2, 0.25) is 0 Å². The van der Waals surface area contributed by atoms with Crippen LogP contribution in [-0.2, 0) is 0 Å². The van der Waals surface area contributed by atoms with Crippen LogP contribution in [0, 0.1) is 0 Å². The molecule has 0 spiro atoms. The Bertz CT molecular complexity index is 135. The van der Waals surface area contributed by atoms with Crippen LogP contribution in [0.25, 0.3) is 0 Å². The molecule has 0 aliphatic heterocycles. The van der Waals surface area contributed by atoms with Crippen LogP contribution in [0.15, 0.2) is 0 Å². The van der Waals surface area contributed by atoms with E-state index in [0.717, 1.165) is 0 Å². The van der Waals surface area contributed by atoms with E-state index in [1.807, 2.05) is 0 Å². The average molecular weight is 814 g/mol. The van der Waals surface area contributed by atoms with Crippen LogP contribution in [0.5, 0.6) is 0 Å².